The van der Waals surface area contributed by atoms with E-state index in [9.17, 15) is 0 Å². The molecule has 0 fully saturated rings. The fourth-order valence-corrected chi connectivity index (χ4v) is 8.54. The van der Waals surface area contributed by atoms with Crippen LogP contribution in [0.4, 0.5) is 0 Å². The van der Waals surface area contributed by atoms with E-state index in [1.807, 2.05) is 6.92 Å². The van der Waals surface area contributed by atoms with E-state index in [1.54, 1.807) is 0 Å². The van der Waals surface area contributed by atoms with Crippen LogP contribution in [0.15, 0.2) is 148 Å². The summed E-state index contributed by atoms with van der Waals surface area (Å²) in [6.45, 7) is 17.4. The van der Waals surface area contributed by atoms with Crippen LogP contribution < -0.4 is 0 Å². The molecule has 0 aliphatic heterocycles. The average Bonchev–Trinajstić information content (AvgIpc) is 3.89. The Hall–Kier alpha value is -6.20. The van der Waals surface area contributed by atoms with Gasteiger partial charge in [0.2, 0.25) is 11.8 Å². The van der Waals surface area contributed by atoms with Gasteiger partial charge in [0.25, 0.3) is 0 Å². The number of hydrogen-bond acceptors (Lipinski definition) is 5. The Morgan fingerprint density at radius 2 is 0.893 bits per heavy atom. The molecule has 0 amide bonds. The van der Waals surface area contributed by atoms with Gasteiger partial charge in [0, 0.05) is 11.1 Å². The summed E-state index contributed by atoms with van der Waals surface area (Å²) in [4.78, 5) is 0. The normalized spacial score (nSPS) is 16.1. The smallest absolute Gasteiger partial charge is 0.248 e. The van der Waals surface area contributed by atoms with Gasteiger partial charge < -0.3 is 4.42 Å². The first-order chi connectivity index (χ1) is 26.8. The molecule has 0 saturated carbocycles. The standard InChI is InChI=1S/C51H46N4O/c1-31(33-17-23-37(24-18-33)49(3,4)5)52-53-32(2)35-21-27-41-39-13-9-11-15-43(39)51(45(41)29-35)44-16-12-10-14-40(44)42-28-22-36(30-46(42)51)48-55-54-47(56-48)34-19-25-38(26-20-34)50(6,7)8/h9-30H,1-8H3/b52-31+,53-32+/t51-/m0/s1. The lowest BCUT2D eigenvalue weighted by Gasteiger charge is -2.31. The maximum atomic E-state index is 6.41. The summed E-state index contributed by atoms with van der Waals surface area (Å²) in [6, 6.07) is 48.1. The molecule has 1 spiro atoms. The van der Waals surface area contributed by atoms with Gasteiger partial charge in [-0.25, -0.2) is 0 Å². The monoisotopic (exact) mass is 730 g/mol. The Morgan fingerprint density at radius 3 is 1.46 bits per heavy atom. The second-order valence-electron chi connectivity index (χ2n) is 17.3. The molecule has 1 heterocycles. The van der Waals surface area contributed by atoms with E-state index in [4.69, 9.17) is 14.6 Å². The molecule has 2 aliphatic rings. The molecule has 0 radical (unpaired) electrons. The lowest BCUT2D eigenvalue weighted by atomic mass is 9.70. The molecule has 2 aliphatic carbocycles. The van der Waals surface area contributed by atoms with Crippen LogP contribution in [0.3, 0.4) is 0 Å². The third-order valence-electron chi connectivity index (χ3n) is 11.7. The van der Waals surface area contributed by atoms with Crippen molar-refractivity contribution in [2.75, 3.05) is 0 Å². The molecule has 1 aromatic heterocycles. The molecule has 7 aromatic rings. The zero-order valence-corrected chi connectivity index (χ0v) is 33.4. The zero-order chi connectivity index (χ0) is 39.0. The minimum absolute atomic E-state index is 0.0621. The molecular formula is C51H46N4O. The molecule has 0 saturated heterocycles. The van der Waals surface area contributed by atoms with Crippen molar-refractivity contribution in [2.24, 2.45) is 10.2 Å². The lowest BCUT2D eigenvalue weighted by molar-refractivity contribution is 0.582. The van der Waals surface area contributed by atoms with Crippen molar-refractivity contribution >= 4 is 11.4 Å². The molecule has 9 rings (SSSR count). The van der Waals surface area contributed by atoms with Crippen LogP contribution in [0.1, 0.15) is 99.9 Å². The second kappa shape index (κ2) is 12.9. The van der Waals surface area contributed by atoms with E-state index in [0.29, 0.717) is 11.8 Å². The number of benzene rings is 6. The van der Waals surface area contributed by atoms with Crippen molar-refractivity contribution in [2.45, 2.75) is 71.6 Å². The third-order valence-corrected chi connectivity index (χ3v) is 11.7. The van der Waals surface area contributed by atoms with E-state index < -0.39 is 5.41 Å². The Kier molecular flexibility index (Phi) is 8.21. The molecule has 0 bridgehead atoms. The van der Waals surface area contributed by atoms with Gasteiger partial charge >= 0.3 is 0 Å². The SMILES string of the molecule is C/C(=N\N=C(/C)c1ccc2c(c1)[C@]1(c3ccccc3-2)c2ccccc2-c2ccc(-c3nnc(-c4ccc(C(C)(C)C)cc4)o3)cc21)c1ccc(C(C)(C)C)cc1. The van der Waals surface area contributed by atoms with Crippen LogP contribution in [0.5, 0.6) is 0 Å². The number of hydrogen-bond donors (Lipinski definition) is 0. The quantitative estimate of drug-likeness (QED) is 0.131. The van der Waals surface area contributed by atoms with Gasteiger partial charge in [-0.3, -0.25) is 0 Å². The molecule has 0 N–H and O–H groups in total. The largest absolute Gasteiger partial charge is 0.416 e. The highest BCUT2D eigenvalue weighted by Crippen LogP contribution is 2.63. The van der Waals surface area contributed by atoms with Gasteiger partial charge in [0.15, 0.2) is 0 Å². The number of fused-ring (bicyclic) bond motifs is 10. The molecule has 0 unspecified atom stereocenters. The van der Waals surface area contributed by atoms with Crippen LogP contribution in [0, 0.1) is 0 Å². The highest BCUT2D eigenvalue weighted by molar-refractivity contribution is 6.03. The summed E-state index contributed by atoms with van der Waals surface area (Å²) in [5.41, 5.74) is 17.7. The maximum Gasteiger partial charge on any atom is 0.248 e. The first kappa shape index (κ1) is 35.5. The van der Waals surface area contributed by atoms with Gasteiger partial charge in [0.1, 0.15) is 0 Å². The molecule has 6 aromatic carbocycles. The first-order valence-electron chi connectivity index (χ1n) is 19.5. The number of rotatable bonds is 5. The van der Waals surface area contributed by atoms with Crippen LogP contribution in [0.25, 0.3) is 45.2 Å². The van der Waals surface area contributed by atoms with E-state index in [-0.39, 0.29) is 10.8 Å². The Balaban J connectivity index is 1.15. The number of aromatic nitrogens is 2. The van der Waals surface area contributed by atoms with Crippen LogP contribution in [-0.4, -0.2) is 21.6 Å². The average molecular weight is 731 g/mol. The van der Waals surface area contributed by atoms with Gasteiger partial charge in [0.05, 0.1) is 16.8 Å². The summed E-state index contributed by atoms with van der Waals surface area (Å²) >= 11 is 0. The van der Waals surface area contributed by atoms with E-state index >= 15 is 0 Å². The molecule has 1 atom stereocenters. The van der Waals surface area contributed by atoms with Crippen LogP contribution in [0.2, 0.25) is 0 Å². The first-order valence-corrected chi connectivity index (χ1v) is 19.5. The van der Waals surface area contributed by atoms with Crippen LogP contribution >= 0.6 is 0 Å². The zero-order valence-electron chi connectivity index (χ0n) is 33.4. The fourth-order valence-electron chi connectivity index (χ4n) is 8.54. The highest BCUT2D eigenvalue weighted by Gasteiger charge is 2.51. The Labute approximate surface area is 329 Å². The van der Waals surface area contributed by atoms with Crippen molar-refractivity contribution < 1.29 is 4.42 Å². The summed E-state index contributed by atoms with van der Waals surface area (Å²) in [7, 11) is 0. The molecule has 56 heavy (non-hydrogen) atoms. The number of nitrogens with zero attached hydrogens (tertiary/aromatic N) is 4. The van der Waals surface area contributed by atoms with Crippen molar-refractivity contribution in [3.8, 4) is 45.2 Å². The minimum Gasteiger partial charge on any atom is -0.416 e. The Bertz CT molecular complexity index is 2700. The summed E-state index contributed by atoms with van der Waals surface area (Å²) in [5, 5.41) is 18.6. The molecule has 5 heteroatoms. The van der Waals surface area contributed by atoms with Crippen molar-refractivity contribution in [3.63, 3.8) is 0 Å². The van der Waals surface area contributed by atoms with Crippen LogP contribution in [-0.2, 0) is 16.2 Å². The highest BCUT2D eigenvalue weighted by atomic mass is 16.4. The van der Waals surface area contributed by atoms with Crippen molar-refractivity contribution in [1.29, 1.82) is 0 Å². The predicted molar refractivity (Wildman–Crippen MR) is 230 cm³/mol. The summed E-state index contributed by atoms with van der Waals surface area (Å²) in [5.74, 6) is 1.01. The topological polar surface area (TPSA) is 63.6 Å². The summed E-state index contributed by atoms with van der Waals surface area (Å²) in [6.07, 6.45) is 0. The van der Waals surface area contributed by atoms with Gasteiger partial charge in [-0.1, -0.05) is 145 Å². The molecule has 5 nitrogen and oxygen atoms in total. The van der Waals surface area contributed by atoms with Gasteiger partial charge in [-0.2, -0.15) is 10.2 Å². The summed E-state index contributed by atoms with van der Waals surface area (Å²) < 4.78 is 6.41. The second-order valence-corrected chi connectivity index (χ2v) is 17.3. The van der Waals surface area contributed by atoms with E-state index in [0.717, 1.165) is 33.7 Å². The van der Waals surface area contributed by atoms with E-state index in [1.165, 1.54) is 55.6 Å². The van der Waals surface area contributed by atoms with Crippen molar-refractivity contribution in [3.05, 3.63) is 178 Å². The predicted octanol–water partition coefficient (Wildman–Crippen LogP) is 12.6. The maximum absolute atomic E-state index is 6.41. The lowest BCUT2D eigenvalue weighted by Crippen LogP contribution is -2.26. The third kappa shape index (κ3) is 5.68. The Morgan fingerprint density at radius 1 is 0.464 bits per heavy atom. The fraction of sp³-hybridized carbons (Fsp3) is 0.216. The molecular weight excluding hydrogens is 685 g/mol. The van der Waals surface area contributed by atoms with E-state index in [2.05, 4.69) is 192 Å². The molecule has 276 valence electrons. The van der Waals surface area contributed by atoms with Gasteiger partial charge in [-0.05, 0) is 122 Å². The van der Waals surface area contributed by atoms with Crippen molar-refractivity contribution in [1.82, 2.24) is 10.2 Å². The van der Waals surface area contributed by atoms with Gasteiger partial charge in [-0.15, -0.1) is 10.2 Å². The minimum atomic E-state index is -0.552.